The molecule has 3 aromatic heterocycles. The number of hydrogen-bond acceptors (Lipinski definition) is 4. The summed E-state index contributed by atoms with van der Waals surface area (Å²) < 4.78 is 6.89. The standard InChI is InChI=1S/C19H16N4O2/c24-19(11-23-13-22-17-3-1-2-4-18(17)23)21-10-14-5-6-16(20-9-14)15-7-8-25-12-15/h1-9,12-13H,10-11H2,(H,21,24). The zero-order chi connectivity index (χ0) is 17.1. The van der Waals surface area contributed by atoms with Crippen LogP contribution in [0.25, 0.3) is 22.3 Å². The van der Waals surface area contributed by atoms with Crippen LogP contribution in [0.5, 0.6) is 0 Å². The summed E-state index contributed by atoms with van der Waals surface area (Å²) in [6, 6.07) is 13.5. The average molecular weight is 332 g/mol. The van der Waals surface area contributed by atoms with Gasteiger partial charge in [-0.3, -0.25) is 9.78 Å². The molecule has 0 spiro atoms. The smallest absolute Gasteiger partial charge is 0.240 e. The Morgan fingerprint density at radius 2 is 2.04 bits per heavy atom. The highest BCUT2D eigenvalue weighted by molar-refractivity contribution is 5.80. The van der Waals surface area contributed by atoms with Crippen molar-refractivity contribution in [2.24, 2.45) is 0 Å². The molecule has 0 radical (unpaired) electrons. The van der Waals surface area contributed by atoms with Crippen molar-refractivity contribution in [1.29, 1.82) is 0 Å². The van der Waals surface area contributed by atoms with E-state index in [0.29, 0.717) is 6.54 Å². The zero-order valence-electron chi connectivity index (χ0n) is 13.4. The summed E-state index contributed by atoms with van der Waals surface area (Å²) in [5, 5.41) is 2.91. The van der Waals surface area contributed by atoms with E-state index in [2.05, 4.69) is 15.3 Å². The molecule has 0 saturated carbocycles. The van der Waals surface area contributed by atoms with E-state index in [1.54, 1.807) is 25.1 Å². The van der Waals surface area contributed by atoms with Gasteiger partial charge in [-0.25, -0.2) is 4.98 Å². The van der Waals surface area contributed by atoms with Gasteiger partial charge in [-0.05, 0) is 29.8 Å². The van der Waals surface area contributed by atoms with E-state index in [1.165, 1.54) is 0 Å². The Morgan fingerprint density at radius 1 is 1.12 bits per heavy atom. The Hall–Kier alpha value is -3.41. The summed E-state index contributed by atoms with van der Waals surface area (Å²) in [7, 11) is 0. The Labute approximate surface area is 144 Å². The number of nitrogens with one attached hydrogen (secondary N) is 1. The van der Waals surface area contributed by atoms with Gasteiger partial charge in [0.05, 0.1) is 35.6 Å². The number of para-hydroxylation sites is 2. The lowest BCUT2D eigenvalue weighted by molar-refractivity contribution is -0.121. The van der Waals surface area contributed by atoms with Crippen molar-refractivity contribution in [3.05, 3.63) is 73.1 Å². The van der Waals surface area contributed by atoms with Gasteiger partial charge in [-0.15, -0.1) is 0 Å². The number of pyridine rings is 1. The van der Waals surface area contributed by atoms with E-state index in [0.717, 1.165) is 27.9 Å². The van der Waals surface area contributed by atoms with Crippen LogP contribution in [-0.4, -0.2) is 20.4 Å². The van der Waals surface area contributed by atoms with Crippen LogP contribution >= 0.6 is 0 Å². The molecule has 0 fully saturated rings. The quantitative estimate of drug-likeness (QED) is 0.610. The molecule has 0 unspecified atom stereocenters. The number of nitrogens with zero attached hydrogens (tertiary/aromatic N) is 3. The molecule has 0 aliphatic carbocycles. The van der Waals surface area contributed by atoms with E-state index >= 15 is 0 Å². The van der Waals surface area contributed by atoms with Crippen LogP contribution in [-0.2, 0) is 17.9 Å². The third-order valence-electron chi connectivity index (χ3n) is 3.97. The Balaban J connectivity index is 1.37. The van der Waals surface area contributed by atoms with Crippen LogP contribution in [0.4, 0.5) is 0 Å². The van der Waals surface area contributed by atoms with Gasteiger partial charge in [-0.1, -0.05) is 18.2 Å². The fraction of sp³-hybridized carbons (Fsp3) is 0.105. The predicted molar refractivity (Wildman–Crippen MR) is 93.5 cm³/mol. The molecule has 0 aliphatic rings. The third kappa shape index (κ3) is 3.28. The summed E-state index contributed by atoms with van der Waals surface area (Å²) in [5.74, 6) is -0.0675. The van der Waals surface area contributed by atoms with Gasteiger partial charge in [0.1, 0.15) is 6.54 Å². The summed E-state index contributed by atoms with van der Waals surface area (Å²) in [6.07, 6.45) is 6.71. The van der Waals surface area contributed by atoms with E-state index in [-0.39, 0.29) is 12.5 Å². The molecule has 1 aromatic carbocycles. The number of hydrogen-bond donors (Lipinski definition) is 1. The van der Waals surface area contributed by atoms with E-state index in [1.807, 2.05) is 47.0 Å². The zero-order valence-corrected chi connectivity index (χ0v) is 13.4. The normalized spacial score (nSPS) is 10.9. The molecular weight excluding hydrogens is 316 g/mol. The molecule has 0 saturated heterocycles. The molecule has 124 valence electrons. The molecule has 0 atom stereocenters. The fourth-order valence-electron chi connectivity index (χ4n) is 2.66. The monoisotopic (exact) mass is 332 g/mol. The Bertz CT molecular complexity index is 988. The number of furan rings is 1. The first kappa shape index (κ1) is 15.1. The second kappa shape index (κ2) is 6.60. The SMILES string of the molecule is O=C(Cn1cnc2ccccc21)NCc1ccc(-c2ccoc2)nc1. The van der Waals surface area contributed by atoms with Gasteiger partial charge in [0.25, 0.3) is 0 Å². The van der Waals surface area contributed by atoms with Crippen LogP contribution in [0, 0.1) is 0 Å². The molecule has 1 amide bonds. The molecule has 6 heteroatoms. The second-order valence-corrected chi connectivity index (χ2v) is 5.70. The predicted octanol–water partition coefficient (Wildman–Crippen LogP) is 3.01. The minimum absolute atomic E-state index is 0.0675. The number of aromatic nitrogens is 3. The Morgan fingerprint density at radius 3 is 2.84 bits per heavy atom. The molecule has 25 heavy (non-hydrogen) atoms. The van der Waals surface area contributed by atoms with Crippen LogP contribution in [0.15, 0.2) is 71.9 Å². The van der Waals surface area contributed by atoms with Gasteiger partial charge >= 0.3 is 0 Å². The molecule has 4 rings (SSSR count). The van der Waals surface area contributed by atoms with Crippen LogP contribution in [0.3, 0.4) is 0 Å². The molecule has 0 bridgehead atoms. The van der Waals surface area contributed by atoms with Crippen LogP contribution < -0.4 is 5.32 Å². The molecule has 1 N–H and O–H groups in total. The number of amides is 1. The summed E-state index contributed by atoms with van der Waals surface area (Å²) in [5.41, 5.74) is 4.55. The number of fused-ring (bicyclic) bond motifs is 1. The number of benzene rings is 1. The summed E-state index contributed by atoms with van der Waals surface area (Å²) >= 11 is 0. The first-order valence-corrected chi connectivity index (χ1v) is 7.94. The lowest BCUT2D eigenvalue weighted by Crippen LogP contribution is -2.26. The maximum atomic E-state index is 12.2. The number of carbonyl (C=O) groups is 1. The topological polar surface area (TPSA) is 73.0 Å². The van der Waals surface area contributed by atoms with Crippen molar-refractivity contribution in [2.45, 2.75) is 13.1 Å². The van der Waals surface area contributed by atoms with Crippen LogP contribution in [0.2, 0.25) is 0 Å². The van der Waals surface area contributed by atoms with Crippen LogP contribution in [0.1, 0.15) is 5.56 Å². The Kier molecular flexibility index (Phi) is 4.00. The van der Waals surface area contributed by atoms with Crippen molar-refractivity contribution in [1.82, 2.24) is 19.9 Å². The highest BCUT2D eigenvalue weighted by atomic mass is 16.3. The largest absolute Gasteiger partial charge is 0.472 e. The molecule has 0 aliphatic heterocycles. The lowest BCUT2D eigenvalue weighted by atomic mass is 10.2. The first-order valence-electron chi connectivity index (χ1n) is 7.94. The third-order valence-corrected chi connectivity index (χ3v) is 3.97. The highest BCUT2D eigenvalue weighted by Crippen LogP contribution is 2.17. The van der Waals surface area contributed by atoms with E-state index in [4.69, 9.17) is 4.42 Å². The minimum atomic E-state index is -0.0675. The number of rotatable bonds is 5. The summed E-state index contributed by atoms with van der Waals surface area (Å²) in [6.45, 7) is 0.672. The highest BCUT2D eigenvalue weighted by Gasteiger charge is 2.07. The molecule has 3 heterocycles. The number of carbonyl (C=O) groups excluding carboxylic acids is 1. The fourth-order valence-corrected chi connectivity index (χ4v) is 2.66. The first-order chi connectivity index (χ1) is 12.3. The lowest BCUT2D eigenvalue weighted by Gasteiger charge is -2.07. The minimum Gasteiger partial charge on any atom is -0.472 e. The molecule has 6 nitrogen and oxygen atoms in total. The van der Waals surface area contributed by atoms with Crippen molar-refractivity contribution in [3.63, 3.8) is 0 Å². The van der Waals surface area contributed by atoms with Crippen molar-refractivity contribution >= 4 is 16.9 Å². The second-order valence-electron chi connectivity index (χ2n) is 5.70. The van der Waals surface area contributed by atoms with E-state index < -0.39 is 0 Å². The maximum Gasteiger partial charge on any atom is 0.240 e. The van der Waals surface area contributed by atoms with E-state index in [9.17, 15) is 4.79 Å². The van der Waals surface area contributed by atoms with Gasteiger partial charge in [0, 0.05) is 18.3 Å². The summed E-state index contributed by atoms with van der Waals surface area (Å²) in [4.78, 5) is 20.9. The van der Waals surface area contributed by atoms with Gasteiger partial charge in [0.15, 0.2) is 0 Å². The van der Waals surface area contributed by atoms with Crippen molar-refractivity contribution in [3.8, 4) is 11.3 Å². The van der Waals surface area contributed by atoms with Gasteiger partial charge < -0.3 is 14.3 Å². The van der Waals surface area contributed by atoms with Crippen molar-refractivity contribution in [2.75, 3.05) is 0 Å². The molecular formula is C19H16N4O2. The molecule has 4 aromatic rings. The number of imidazole rings is 1. The van der Waals surface area contributed by atoms with Crippen molar-refractivity contribution < 1.29 is 9.21 Å². The van der Waals surface area contributed by atoms with Gasteiger partial charge in [0.2, 0.25) is 5.91 Å². The average Bonchev–Trinajstić information content (AvgIpc) is 3.31. The maximum absolute atomic E-state index is 12.2. The van der Waals surface area contributed by atoms with Gasteiger partial charge in [-0.2, -0.15) is 0 Å².